The van der Waals surface area contributed by atoms with Gasteiger partial charge in [-0.2, -0.15) is 0 Å². The zero-order valence-electron chi connectivity index (χ0n) is 10.0. The van der Waals surface area contributed by atoms with Crippen LogP contribution in [0.1, 0.15) is 18.1 Å². The van der Waals surface area contributed by atoms with Crippen LogP contribution in [0, 0.1) is 0 Å². The second kappa shape index (κ2) is 6.43. The molecule has 1 atom stereocenters. The summed E-state index contributed by atoms with van der Waals surface area (Å²) in [5, 5.41) is 14.0. The van der Waals surface area contributed by atoms with E-state index in [1.807, 2.05) is 54.6 Å². The molecular formula is C15H16ClNO. The minimum absolute atomic E-state index is 0.425. The van der Waals surface area contributed by atoms with E-state index in [9.17, 15) is 5.11 Å². The smallest absolute Gasteiger partial charge is 0.0806 e. The fourth-order valence-corrected chi connectivity index (χ4v) is 1.89. The average molecular weight is 262 g/mol. The molecular weight excluding hydrogens is 246 g/mol. The molecule has 3 heteroatoms. The number of anilines is 1. The van der Waals surface area contributed by atoms with Crippen molar-refractivity contribution in [3.63, 3.8) is 0 Å². The van der Waals surface area contributed by atoms with Crippen molar-refractivity contribution in [2.24, 2.45) is 0 Å². The standard InChI is InChI=1S/C15H16ClNO/c16-13-6-8-14(9-7-13)17-11-10-15(18)12-4-2-1-3-5-12/h1-9,15,17-18H,10-11H2/t15-/m1/s1. The summed E-state index contributed by atoms with van der Waals surface area (Å²) in [7, 11) is 0. The van der Waals surface area contributed by atoms with Crippen LogP contribution < -0.4 is 5.32 Å². The molecule has 2 rings (SSSR count). The van der Waals surface area contributed by atoms with Crippen LogP contribution in [0.5, 0.6) is 0 Å². The van der Waals surface area contributed by atoms with Gasteiger partial charge in [0.05, 0.1) is 6.10 Å². The van der Waals surface area contributed by atoms with E-state index in [1.54, 1.807) is 0 Å². The molecule has 0 fully saturated rings. The first-order valence-corrected chi connectivity index (χ1v) is 6.36. The van der Waals surface area contributed by atoms with Crippen molar-refractivity contribution >= 4 is 17.3 Å². The quantitative estimate of drug-likeness (QED) is 0.856. The van der Waals surface area contributed by atoms with Crippen molar-refractivity contribution in [1.29, 1.82) is 0 Å². The number of nitrogens with one attached hydrogen (secondary N) is 1. The topological polar surface area (TPSA) is 32.3 Å². The maximum absolute atomic E-state index is 9.98. The molecule has 2 N–H and O–H groups in total. The predicted molar refractivity (Wildman–Crippen MR) is 76.0 cm³/mol. The van der Waals surface area contributed by atoms with Gasteiger partial charge in [0.1, 0.15) is 0 Å². The van der Waals surface area contributed by atoms with Crippen LogP contribution >= 0.6 is 11.6 Å². The van der Waals surface area contributed by atoms with Crippen LogP contribution in [0.3, 0.4) is 0 Å². The molecule has 0 aliphatic carbocycles. The Balaban J connectivity index is 1.80. The Hall–Kier alpha value is -1.51. The molecule has 0 bridgehead atoms. The van der Waals surface area contributed by atoms with Crippen molar-refractivity contribution < 1.29 is 5.11 Å². The van der Waals surface area contributed by atoms with E-state index in [2.05, 4.69) is 5.32 Å². The van der Waals surface area contributed by atoms with Crippen LogP contribution in [0.25, 0.3) is 0 Å². The van der Waals surface area contributed by atoms with Gasteiger partial charge in [0, 0.05) is 17.3 Å². The lowest BCUT2D eigenvalue weighted by molar-refractivity contribution is 0.171. The van der Waals surface area contributed by atoms with Gasteiger partial charge in [0.25, 0.3) is 0 Å². The van der Waals surface area contributed by atoms with Crippen LogP contribution in [0.2, 0.25) is 5.02 Å². The Morgan fingerprint density at radius 2 is 1.67 bits per heavy atom. The van der Waals surface area contributed by atoms with Gasteiger partial charge in [-0.05, 0) is 36.2 Å². The van der Waals surface area contributed by atoms with Crippen molar-refractivity contribution in [1.82, 2.24) is 0 Å². The lowest BCUT2D eigenvalue weighted by Crippen LogP contribution is -2.07. The number of benzene rings is 2. The Kier molecular flexibility index (Phi) is 4.62. The molecule has 0 unspecified atom stereocenters. The molecule has 0 aliphatic heterocycles. The molecule has 18 heavy (non-hydrogen) atoms. The lowest BCUT2D eigenvalue weighted by Gasteiger charge is -2.12. The van der Waals surface area contributed by atoms with Crippen molar-refractivity contribution in [3.8, 4) is 0 Å². The van der Waals surface area contributed by atoms with E-state index in [0.717, 1.165) is 22.8 Å². The zero-order chi connectivity index (χ0) is 12.8. The molecule has 2 nitrogen and oxygen atoms in total. The third kappa shape index (κ3) is 3.76. The van der Waals surface area contributed by atoms with E-state index in [-0.39, 0.29) is 0 Å². The summed E-state index contributed by atoms with van der Waals surface area (Å²) in [5.41, 5.74) is 1.97. The molecule has 0 heterocycles. The summed E-state index contributed by atoms with van der Waals surface area (Å²) in [6, 6.07) is 17.2. The first-order valence-electron chi connectivity index (χ1n) is 5.98. The highest BCUT2D eigenvalue weighted by Crippen LogP contribution is 2.17. The SMILES string of the molecule is O[C@H](CCNc1ccc(Cl)cc1)c1ccccc1. The Bertz CT molecular complexity index is 470. The van der Waals surface area contributed by atoms with Crippen molar-refractivity contribution in [3.05, 3.63) is 65.2 Å². The summed E-state index contributed by atoms with van der Waals surface area (Å²) in [6.45, 7) is 0.720. The molecule has 2 aromatic rings. The van der Waals surface area contributed by atoms with Gasteiger partial charge in [0.2, 0.25) is 0 Å². The monoisotopic (exact) mass is 261 g/mol. The summed E-state index contributed by atoms with van der Waals surface area (Å²) < 4.78 is 0. The molecule has 0 radical (unpaired) electrons. The van der Waals surface area contributed by atoms with Gasteiger partial charge in [-0.1, -0.05) is 41.9 Å². The normalized spacial score (nSPS) is 12.1. The molecule has 2 aromatic carbocycles. The second-order valence-electron chi connectivity index (χ2n) is 4.15. The fraction of sp³-hybridized carbons (Fsp3) is 0.200. The molecule has 0 aromatic heterocycles. The number of halogens is 1. The average Bonchev–Trinajstić information content (AvgIpc) is 2.42. The van der Waals surface area contributed by atoms with Gasteiger partial charge >= 0.3 is 0 Å². The van der Waals surface area contributed by atoms with Gasteiger partial charge in [0.15, 0.2) is 0 Å². The van der Waals surface area contributed by atoms with E-state index in [0.29, 0.717) is 6.42 Å². The zero-order valence-corrected chi connectivity index (χ0v) is 10.8. The van der Waals surface area contributed by atoms with Gasteiger partial charge in [-0.3, -0.25) is 0 Å². The van der Waals surface area contributed by atoms with Gasteiger partial charge in [-0.15, -0.1) is 0 Å². The fourth-order valence-electron chi connectivity index (χ4n) is 1.76. The molecule has 0 amide bonds. The van der Waals surface area contributed by atoms with Gasteiger partial charge < -0.3 is 10.4 Å². The largest absolute Gasteiger partial charge is 0.388 e. The van der Waals surface area contributed by atoms with E-state index < -0.39 is 6.10 Å². The Morgan fingerprint density at radius 1 is 1.00 bits per heavy atom. The molecule has 0 saturated heterocycles. The number of aliphatic hydroxyl groups excluding tert-OH is 1. The third-order valence-corrected chi connectivity index (χ3v) is 3.03. The maximum atomic E-state index is 9.98. The summed E-state index contributed by atoms with van der Waals surface area (Å²) in [4.78, 5) is 0. The Morgan fingerprint density at radius 3 is 2.33 bits per heavy atom. The summed E-state index contributed by atoms with van der Waals surface area (Å²) >= 11 is 5.81. The number of aliphatic hydroxyl groups is 1. The highest BCUT2D eigenvalue weighted by atomic mass is 35.5. The molecule has 94 valence electrons. The second-order valence-corrected chi connectivity index (χ2v) is 4.59. The van der Waals surface area contributed by atoms with Crippen molar-refractivity contribution in [2.45, 2.75) is 12.5 Å². The third-order valence-electron chi connectivity index (χ3n) is 2.78. The van der Waals surface area contributed by atoms with E-state index in [1.165, 1.54) is 0 Å². The Labute approximate surface area is 112 Å². The molecule has 0 saturated carbocycles. The number of hydrogen-bond donors (Lipinski definition) is 2. The predicted octanol–water partition coefficient (Wildman–Crippen LogP) is 3.88. The first-order chi connectivity index (χ1) is 8.75. The lowest BCUT2D eigenvalue weighted by atomic mass is 10.1. The van der Waals surface area contributed by atoms with Crippen LogP contribution in [-0.2, 0) is 0 Å². The summed E-state index contributed by atoms with van der Waals surface area (Å²) in [6.07, 6.45) is 0.248. The van der Waals surface area contributed by atoms with Crippen LogP contribution in [-0.4, -0.2) is 11.7 Å². The van der Waals surface area contributed by atoms with Crippen LogP contribution in [0.15, 0.2) is 54.6 Å². The molecule has 0 spiro atoms. The highest BCUT2D eigenvalue weighted by Gasteiger charge is 2.05. The van der Waals surface area contributed by atoms with Crippen molar-refractivity contribution in [2.75, 3.05) is 11.9 Å². The van der Waals surface area contributed by atoms with Gasteiger partial charge in [-0.25, -0.2) is 0 Å². The van der Waals surface area contributed by atoms with E-state index >= 15 is 0 Å². The minimum Gasteiger partial charge on any atom is -0.388 e. The highest BCUT2D eigenvalue weighted by molar-refractivity contribution is 6.30. The van der Waals surface area contributed by atoms with E-state index in [4.69, 9.17) is 11.6 Å². The molecule has 0 aliphatic rings. The minimum atomic E-state index is -0.425. The number of rotatable bonds is 5. The summed E-state index contributed by atoms with van der Waals surface area (Å²) in [5.74, 6) is 0. The maximum Gasteiger partial charge on any atom is 0.0806 e. The van der Waals surface area contributed by atoms with Crippen LogP contribution in [0.4, 0.5) is 5.69 Å². The first kappa shape index (κ1) is 12.9. The number of hydrogen-bond acceptors (Lipinski definition) is 2.